The SMILES string of the molecule is Cc1ccc(NCCCc2ccccc2)c(=O)n1C[C@H]1C[C@@H]1Cc1ccc(C#N)cc1. The molecule has 0 aliphatic heterocycles. The Hall–Kier alpha value is -3.32. The van der Waals surface area contributed by atoms with Crippen LogP contribution in [0.5, 0.6) is 0 Å². The molecule has 0 amide bonds. The molecule has 1 N–H and O–H groups in total. The quantitative estimate of drug-likeness (QED) is 0.507. The summed E-state index contributed by atoms with van der Waals surface area (Å²) in [6.07, 6.45) is 4.17. The summed E-state index contributed by atoms with van der Waals surface area (Å²) in [5.74, 6) is 1.15. The lowest BCUT2D eigenvalue weighted by molar-refractivity contribution is 0.551. The Labute approximate surface area is 184 Å². The highest BCUT2D eigenvalue weighted by atomic mass is 16.1. The summed E-state index contributed by atoms with van der Waals surface area (Å²) in [6.45, 7) is 3.58. The Kier molecular flexibility index (Phi) is 6.52. The molecule has 1 aliphatic rings. The Bertz CT molecular complexity index is 1110. The van der Waals surface area contributed by atoms with Crippen molar-refractivity contribution in [2.24, 2.45) is 11.8 Å². The molecule has 2 aromatic carbocycles. The second kappa shape index (κ2) is 9.66. The van der Waals surface area contributed by atoms with Gasteiger partial charge in [-0.3, -0.25) is 4.79 Å². The van der Waals surface area contributed by atoms with Gasteiger partial charge in [0.05, 0.1) is 11.6 Å². The highest BCUT2D eigenvalue weighted by Gasteiger charge is 2.37. The van der Waals surface area contributed by atoms with Gasteiger partial charge in [0.2, 0.25) is 0 Å². The molecule has 4 nitrogen and oxygen atoms in total. The van der Waals surface area contributed by atoms with E-state index in [0.29, 0.717) is 23.1 Å². The second-order valence-corrected chi connectivity index (χ2v) is 8.59. The van der Waals surface area contributed by atoms with Crippen LogP contribution in [0.2, 0.25) is 0 Å². The monoisotopic (exact) mass is 411 g/mol. The minimum absolute atomic E-state index is 0.0868. The fourth-order valence-electron chi connectivity index (χ4n) is 4.23. The second-order valence-electron chi connectivity index (χ2n) is 8.59. The van der Waals surface area contributed by atoms with Crippen LogP contribution in [0.4, 0.5) is 5.69 Å². The molecule has 1 aliphatic carbocycles. The topological polar surface area (TPSA) is 57.8 Å². The van der Waals surface area contributed by atoms with Crippen LogP contribution < -0.4 is 10.9 Å². The first-order chi connectivity index (χ1) is 15.1. The molecule has 0 saturated heterocycles. The fraction of sp³-hybridized carbons (Fsp3) is 0.333. The van der Waals surface area contributed by atoms with Gasteiger partial charge in [0, 0.05) is 18.8 Å². The van der Waals surface area contributed by atoms with E-state index in [9.17, 15) is 4.79 Å². The van der Waals surface area contributed by atoms with Crippen molar-refractivity contribution < 1.29 is 0 Å². The average Bonchev–Trinajstić information content (AvgIpc) is 3.54. The van der Waals surface area contributed by atoms with E-state index in [1.807, 2.05) is 54.0 Å². The number of hydrogen-bond donors (Lipinski definition) is 1. The summed E-state index contributed by atoms with van der Waals surface area (Å²) in [6, 6.07) is 24.4. The lowest BCUT2D eigenvalue weighted by Crippen LogP contribution is -2.26. The number of nitriles is 1. The van der Waals surface area contributed by atoms with Crippen molar-refractivity contribution in [1.82, 2.24) is 4.57 Å². The van der Waals surface area contributed by atoms with Crippen LogP contribution in [0.15, 0.2) is 71.5 Å². The van der Waals surface area contributed by atoms with Gasteiger partial charge in [-0.25, -0.2) is 0 Å². The van der Waals surface area contributed by atoms with Crippen molar-refractivity contribution in [3.05, 3.63) is 99.5 Å². The van der Waals surface area contributed by atoms with Gasteiger partial charge in [-0.05, 0) is 79.8 Å². The zero-order valence-electron chi connectivity index (χ0n) is 18.1. The molecule has 158 valence electrons. The van der Waals surface area contributed by atoms with E-state index in [1.165, 1.54) is 11.1 Å². The number of nitrogens with one attached hydrogen (secondary N) is 1. The summed E-state index contributed by atoms with van der Waals surface area (Å²) in [5, 5.41) is 12.3. The first-order valence-corrected chi connectivity index (χ1v) is 11.1. The predicted molar refractivity (Wildman–Crippen MR) is 125 cm³/mol. The normalized spacial score (nSPS) is 17.2. The Balaban J connectivity index is 1.31. The van der Waals surface area contributed by atoms with Crippen LogP contribution in [-0.2, 0) is 19.4 Å². The molecular weight excluding hydrogens is 382 g/mol. The molecule has 0 radical (unpaired) electrons. The summed E-state index contributed by atoms with van der Waals surface area (Å²) in [5.41, 5.74) is 5.10. The maximum absolute atomic E-state index is 13.0. The number of aryl methyl sites for hydroxylation is 2. The third-order valence-electron chi connectivity index (χ3n) is 6.26. The van der Waals surface area contributed by atoms with E-state index >= 15 is 0 Å². The van der Waals surface area contributed by atoms with E-state index in [1.54, 1.807) is 0 Å². The third kappa shape index (κ3) is 5.44. The van der Waals surface area contributed by atoms with Crippen LogP contribution in [-0.4, -0.2) is 11.1 Å². The smallest absolute Gasteiger partial charge is 0.274 e. The van der Waals surface area contributed by atoms with Gasteiger partial charge in [0.25, 0.3) is 5.56 Å². The molecule has 1 aromatic heterocycles. The Morgan fingerprint density at radius 3 is 2.52 bits per heavy atom. The first-order valence-electron chi connectivity index (χ1n) is 11.1. The number of pyridine rings is 1. The molecule has 3 aromatic rings. The number of benzene rings is 2. The van der Waals surface area contributed by atoms with Crippen molar-refractivity contribution in [2.75, 3.05) is 11.9 Å². The lowest BCUT2D eigenvalue weighted by atomic mass is 10.1. The molecule has 4 heteroatoms. The van der Waals surface area contributed by atoms with Crippen molar-refractivity contribution in [2.45, 2.75) is 39.2 Å². The van der Waals surface area contributed by atoms with Crippen molar-refractivity contribution in [1.29, 1.82) is 5.26 Å². The van der Waals surface area contributed by atoms with Gasteiger partial charge < -0.3 is 9.88 Å². The van der Waals surface area contributed by atoms with Crippen molar-refractivity contribution in [3.63, 3.8) is 0 Å². The third-order valence-corrected chi connectivity index (χ3v) is 6.26. The largest absolute Gasteiger partial charge is 0.381 e. The molecule has 0 unspecified atom stereocenters. The highest BCUT2D eigenvalue weighted by molar-refractivity contribution is 5.41. The Morgan fingerprint density at radius 2 is 1.77 bits per heavy atom. The molecule has 1 heterocycles. The van der Waals surface area contributed by atoms with Crippen LogP contribution in [0.25, 0.3) is 0 Å². The Morgan fingerprint density at radius 1 is 1.00 bits per heavy atom. The van der Waals surface area contributed by atoms with Gasteiger partial charge >= 0.3 is 0 Å². The lowest BCUT2D eigenvalue weighted by Gasteiger charge is -2.13. The van der Waals surface area contributed by atoms with Gasteiger partial charge in [0.15, 0.2) is 0 Å². The molecule has 31 heavy (non-hydrogen) atoms. The maximum atomic E-state index is 13.0. The maximum Gasteiger partial charge on any atom is 0.274 e. The molecule has 4 rings (SSSR count). The van der Waals surface area contributed by atoms with E-state index in [-0.39, 0.29) is 5.56 Å². The molecule has 1 saturated carbocycles. The number of nitrogens with zero attached hydrogens (tertiary/aromatic N) is 2. The van der Waals surface area contributed by atoms with Gasteiger partial charge in [-0.1, -0.05) is 42.5 Å². The summed E-state index contributed by atoms with van der Waals surface area (Å²) < 4.78 is 1.93. The summed E-state index contributed by atoms with van der Waals surface area (Å²) in [4.78, 5) is 13.0. The van der Waals surface area contributed by atoms with Crippen LogP contribution in [0.1, 0.15) is 35.2 Å². The highest BCUT2D eigenvalue weighted by Crippen LogP contribution is 2.42. The number of rotatable bonds is 9. The minimum Gasteiger partial charge on any atom is -0.381 e. The summed E-state index contributed by atoms with van der Waals surface area (Å²) >= 11 is 0. The zero-order chi connectivity index (χ0) is 21.6. The minimum atomic E-state index is 0.0868. The number of hydrogen-bond acceptors (Lipinski definition) is 3. The number of aromatic nitrogens is 1. The number of anilines is 1. The predicted octanol–water partition coefficient (Wildman–Crippen LogP) is 4.95. The molecule has 2 atom stereocenters. The summed E-state index contributed by atoms with van der Waals surface area (Å²) in [7, 11) is 0. The molecular formula is C27H29N3O. The fourth-order valence-corrected chi connectivity index (χ4v) is 4.23. The van der Waals surface area contributed by atoms with Crippen molar-refractivity contribution in [3.8, 4) is 6.07 Å². The standard InChI is InChI=1S/C27H29N3O/c1-20-9-14-26(29-15-5-8-21-6-3-2-4-7-21)27(31)30(20)19-25-17-24(25)16-22-10-12-23(18-28)13-11-22/h2-4,6-7,9-14,24-25,29H,5,8,15-17,19H2,1H3/t24-,25+/m0/s1. The molecule has 0 spiro atoms. The van der Waals surface area contributed by atoms with Gasteiger partial charge in [0.1, 0.15) is 5.69 Å². The van der Waals surface area contributed by atoms with Crippen LogP contribution in [0.3, 0.4) is 0 Å². The van der Waals surface area contributed by atoms with E-state index in [0.717, 1.165) is 44.5 Å². The van der Waals surface area contributed by atoms with E-state index in [4.69, 9.17) is 5.26 Å². The van der Waals surface area contributed by atoms with E-state index in [2.05, 4.69) is 35.7 Å². The van der Waals surface area contributed by atoms with Gasteiger partial charge in [-0.15, -0.1) is 0 Å². The first kappa shape index (κ1) is 20.9. The zero-order valence-corrected chi connectivity index (χ0v) is 18.1. The van der Waals surface area contributed by atoms with E-state index < -0.39 is 0 Å². The van der Waals surface area contributed by atoms with Gasteiger partial charge in [-0.2, -0.15) is 5.26 Å². The van der Waals surface area contributed by atoms with Crippen LogP contribution >= 0.6 is 0 Å². The average molecular weight is 412 g/mol. The molecule has 1 fully saturated rings. The van der Waals surface area contributed by atoms with Crippen molar-refractivity contribution >= 4 is 5.69 Å². The molecule has 0 bridgehead atoms. The van der Waals surface area contributed by atoms with Crippen LogP contribution in [0, 0.1) is 30.1 Å².